The number of carbonyl (C=O) groups excluding carboxylic acids is 1. The van der Waals surface area contributed by atoms with Gasteiger partial charge < -0.3 is 4.74 Å². The van der Waals surface area contributed by atoms with Crippen molar-refractivity contribution in [3.8, 4) is 11.1 Å². The molecule has 0 bridgehead atoms. The molecule has 3 heterocycles. The highest BCUT2D eigenvalue weighted by Gasteiger charge is 2.12. The number of amides is 1. The maximum atomic E-state index is 11.5. The van der Waals surface area contributed by atoms with Gasteiger partial charge in [-0.25, -0.2) is 19.3 Å². The molecule has 4 aromatic rings. The number of nitrogens with zero attached hydrogens (tertiary/aromatic N) is 4. The van der Waals surface area contributed by atoms with E-state index < -0.39 is 6.09 Å². The van der Waals surface area contributed by atoms with Gasteiger partial charge in [-0.1, -0.05) is 29.8 Å². The van der Waals surface area contributed by atoms with E-state index in [1.54, 1.807) is 23.7 Å². The summed E-state index contributed by atoms with van der Waals surface area (Å²) in [5, 5.41) is 7.74. The van der Waals surface area contributed by atoms with Gasteiger partial charge in [-0.15, -0.1) is 0 Å². The van der Waals surface area contributed by atoms with Crippen LogP contribution >= 0.6 is 11.6 Å². The Balaban J connectivity index is 1.64. The molecule has 0 radical (unpaired) electrons. The first-order valence-electron chi connectivity index (χ1n) is 9.52. The number of fused-ring (bicyclic) bond motifs is 1. The molecule has 0 fully saturated rings. The van der Waals surface area contributed by atoms with E-state index in [1.165, 1.54) is 0 Å². The Kier molecular flexibility index (Phi) is 5.63. The molecule has 1 N–H and O–H groups in total. The van der Waals surface area contributed by atoms with Crippen LogP contribution in [0.5, 0.6) is 0 Å². The number of pyridine rings is 2. The second-order valence-electron chi connectivity index (χ2n) is 6.77. The summed E-state index contributed by atoms with van der Waals surface area (Å²) in [6, 6.07) is 13.5. The first-order valence-corrected chi connectivity index (χ1v) is 9.90. The lowest BCUT2D eigenvalue weighted by molar-refractivity contribution is 0.168. The summed E-state index contributed by atoms with van der Waals surface area (Å²) < 4.78 is 6.66. The average molecular weight is 422 g/mol. The van der Waals surface area contributed by atoms with Crippen LogP contribution in [0.2, 0.25) is 5.02 Å². The maximum Gasteiger partial charge on any atom is 0.412 e. The van der Waals surface area contributed by atoms with Crippen molar-refractivity contribution in [2.45, 2.75) is 20.3 Å². The number of aryl methyl sites for hydroxylation is 1. The monoisotopic (exact) mass is 421 g/mol. The third kappa shape index (κ3) is 4.41. The quantitative estimate of drug-likeness (QED) is 0.495. The van der Waals surface area contributed by atoms with Gasteiger partial charge in [0.05, 0.1) is 6.61 Å². The fourth-order valence-corrected chi connectivity index (χ4v) is 3.41. The highest BCUT2D eigenvalue weighted by Crippen LogP contribution is 2.28. The molecule has 8 heteroatoms. The molecule has 0 saturated carbocycles. The lowest BCUT2D eigenvalue weighted by Gasteiger charge is -2.09. The Hall–Kier alpha value is -3.45. The molecule has 3 aromatic heterocycles. The summed E-state index contributed by atoms with van der Waals surface area (Å²) in [4.78, 5) is 20.4. The summed E-state index contributed by atoms with van der Waals surface area (Å²) in [6.45, 7) is 3.93. The molecular weight excluding hydrogens is 402 g/mol. The number of nitrogens with one attached hydrogen (secondary N) is 1. The van der Waals surface area contributed by atoms with E-state index in [4.69, 9.17) is 16.3 Å². The zero-order valence-corrected chi connectivity index (χ0v) is 17.3. The molecule has 7 nitrogen and oxygen atoms in total. The molecular formula is C22H20ClN5O2. The Morgan fingerprint density at radius 2 is 2.07 bits per heavy atom. The van der Waals surface area contributed by atoms with Crippen molar-refractivity contribution in [3.63, 3.8) is 0 Å². The Labute approximate surface area is 178 Å². The molecule has 0 aliphatic rings. The Morgan fingerprint density at radius 3 is 2.80 bits per heavy atom. The van der Waals surface area contributed by atoms with E-state index in [9.17, 15) is 4.79 Å². The Morgan fingerprint density at radius 1 is 1.20 bits per heavy atom. The van der Waals surface area contributed by atoms with E-state index >= 15 is 0 Å². The Bertz CT molecular complexity index is 1200. The molecule has 1 amide bonds. The van der Waals surface area contributed by atoms with Crippen molar-refractivity contribution < 1.29 is 9.53 Å². The average Bonchev–Trinajstić information content (AvgIpc) is 3.09. The summed E-state index contributed by atoms with van der Waals surface area (Å²) >= 11 is 6.20. The third-order valence-corrected chi connectivity index (χ3v) is 4.71. The minimum absolute atomic E-state index is 0.309. The van der Waals surface area contributed by atoms with Crippen LogP contribution in [0.15, 0.2) is 54.9 Å². The molecule has 1 aromatic carbocycles. The van der Waals surface area contributed by atoms with E-state index in [0.717, 1.165) is 27.9 Å². The van der Waals surface area contributed by atoms with Gasteiger partial charge in [0.2, 0.25) is 0 Å². The highest BCUT2D eigenvalue weighted by molar-refractivity contribution is 6.30. The summed E-state index contributed by atoms with van der Waals surface area (Å²) in [5.41, 5.74) is 4.77. The molecule has 152 valence electrons. The molecule has 0 aliphatic heterocycles. The molecule has 0 unspecified atom stereocenters. The molecule has 0 aliphatic carbocycles. The molecule has 4 rings (SSSR count). The first kappa shape index (κ1) is 19.8. The van der Waals surface area contributed by atoms with Gasteiger partial charge in [-0.3, -0.25) is 5.32 Å². The van der Waals surface area contributed by atoms with Crippen LogP contribution in [-0.4, -0.2) is 32.3 Å². The summed E-state index contributed by atoms with van der Waals surface area (Å²) in [5.74, 6) is 1.14. The third-order valence-electron chi connectivity index (χ3n) is 4.47. The lowest BCUT2D eigenvalue weighted by Crippen LogP contribution is -2.14. The van der Waals surface area contributed by atoms with Gasteiger partial charge in [-0.05, 0) is 54.8 Å². The van der Waals surface area contributed by atoms with Crippen molar-refractivity contribution in [1.82, 2.24) is 19.6 Å². The van der Waals surface area contributed by atoms with Crippen LogP contribution in [0, 0.1) is 6.92 Å². The van der Waals surface area contributed by atoms with Gasteiger partial charge in [0, 0.05) is 29.4 Å². The molecule has 0 atom stereocenters. The second kappa shape index (κ2) is 8.51. The summed E-state index contributed by atoms with van der Waals surface area (Å²) in [7, 11) is 0. The van der Waals surface area contributed by atoms with Crippen LogP contribution in [0.1, 0.15) is 23.9 Å². The van der Waals surface area contributed by atoms with Gasteiger partial charge in [0.1, 0.15) is 11.6 Å². The fourth-order valence-electron chi connectivity index (χ4n) is 3.22. The van der Waals surface area contributed by atoms with Crippen molar-refractivity contribution in [2.24, 2.45) is 0 Å². The van der Waals surface area contributed by atoms with Gasteiger partial charge >= 0.3 is 6.09 Å². The van der Waals surface area contributed by atoms with Crippen molar-refractivity contribution >= 4 is 29.2 Å². The second-order valence-corrected chi connectivity index (χ2v) is 7.21. The predicted molar refractivity (Wildman–Crippen MR) is 116 cm³/mol. The number of ether oxygens (including phenoxy) is 1. The topological polar surface area (TPSA) is 81.4 Å². The number of aromatic nitrogens is 4. The highest BCUT2D eigenvalue weighted by atomic mass is 35.5. The molecule has 0 spiro atoms. The van der Waals surface area contributed by atoms with Crippen molar-refractivity contribution in [1.29, 1.82) is 0 Å². The van der Waals surface area contributed by atoms with Crippen molar-refractivity contribution in [3.05, 3.63) is 76.8 Å². The minimum Gasteiger partial charge on any atom is -0.450 e. The summed E-state index contributed by atoms with van der Waals surface area (Å²) in [6.07, 6.45) is 3.83. The molecule has 0 saturated heterocycles. The predicted octanol–water partition coefficient (Wildman–Crippen LogP) is 4.91. The lowest BCUT2D eigenvalue weighted by atomic mass is 10.0. The van der Waals surface area contributed by atoms with Gasteiger partial charge in [0.15, 0.2) is 5.65 Å². The minimum atomic E-state index is -0.518. The van der Waals surface area contributed by atoms with Crippen LogP contribution in [0.4, 0.5) is 10.6 Å². The number of rotatable bonds is 5. The van der Waals surface area contributed by atoms with E-state index in [2.05, 4.69) is 26.4 Å². The van der Waals surface area contributed by atoms with Crippen LogP contribution in [0.25, 0.3) is 16.8 Å². The number of hydrogen-bond acceptors (Lipinski definition) is 5. The number of benzene rings is 1. The maximum absolute atomic E-state index is 11.5. The number of carbonyl (C=O) groups is 1. The standard InChI is InChI=1S/C22H20ClN5O2/c1-3-30-22(29)26-20-8-7-15(12-24-20)9-16-10-19(17-5-4-6-18(23)11-17)21-25-14(2)27-28(21)13-16/h4-8,10-13H,3,9H2,1-2H3,(H,24,26,29). The number of hydrogen-bond donors (Lipinski definition) is 1. The van der Waals surface area contributed by atoms with E-state index in [1.807, 2.05) is 43.5 Å². The van der Waals surface area contributed by atoms with E-state index in [-0.39, 0.29) is 0 Å². The van der Waals surface area contributed by atoms with Gasteiger partial charge in [-0.2, -0.15) is 5.10 Å². The largest absolute Gasteiger partial charge is 0.450 e. The van der Waals surface area contributed by atoms with Crippen LogP contribution < -0.4 is 5.32 Å². The first-order chi connectivity index (χ1) is 14.5. The van der Waals surface area contributed by atoms with Gasteiger partial charge in [0.25, 0.3) is 0 Å². The number of anilines is 1. The smallest absolute Gasteiger partial charge is 0.412 e. The SMILES string of the molecule is CCOC(=O)Nc1ccc(Cc2cc(-c3cccc(Cl)c3)c3nc(C)nn3c2)cn1. The zero-order chi connectivity index (χ0) is 21.1. The van der Waals surface area contributed by atoms with Crippen LogP contribution in [0.3, 0.4) is 0 Å². The van der Waals surface area contributed by atoms with Crippen molar-refractivity contribution in [2.75, 3.05) is 11.9 Å². The van der Waals surface area contributed by atoms with Crippen LogP contribution in [-0.2, 0) is 11.2 Å². The zero-order valence-electron chi connectivity index (χ0n) is 16.6. The fraction of sp³-hybridized carbons (Fsp3) is 0.182. The normalized spacial score (nSPS) is 10.9. The molecule has 30 heavy (non-hydrogen) atoms. The number of halogens is 1. The van der Waals surface area contributed by atoms with E-state index in [0.29, 0.717) is 29.7 Å².